The van der Waals surface area contributed by atoms with Crippen molar-refractivity contribution in [3.05, 3.63) is 23.0 Å². The highest BCUT2D eigenvalue weighted by atomic mass is 35.5. The summed E-state index contributed by atoms with van der Waals surface area (Å²) < 4.78 is 5.48. The number of thioether (sulfide) groups is 1. The van der Waals surface area contributed by atoms with Crippen molar-refractivity contribution in [2.45, 2.75) is 17.7 Å². The van der Waals surface area contributed by atoms with Gasteiger partial charge in [0, 0.05) is 30.2 Å². The molecular formula is C12H14ClN3O2S. The Kier molecular flexibility index (Phi) is 3.91. The molecule has 0 aliphatic carbocycles. The van der Waals surface area contributed by atoms with Crippen LogP contribution >= 0.6 is 23.4 Å². The molecular weight excluding hydrogens is 286 g/mol. The van der Waals surface area contributed by atoms with Gasteiger partial charge in [-0.05, 0) is 18.6 Å². The Bertz CT molecular complexity index is 469. The van der Waals surface area contributed by atoms with Gasteiger partial charge >= 0.3 is 0 Å². The quantitative estimate of drug-likeness (QED) is 0.786. The summed E-state index contributed by atoms with van der Waals surface area (Å²) >= 11 is 7.58. The fourth-order valence-corrected chi connectivity index (χ4v) is 3.92. The second-order valence-corrected chi connectivity index (χ2v) is 6.31. The SMILES string of the molecule is O=C(c1ccc(Cl)nn1)N1CCS[C@@H]2COCC[C@H]21. The minimum absolute atomic E-state index is 0.0543. The summed E-state index contributed by atoms with van der Waals surface area (Å²) in [5.41, 5.74) is 0.363. The zero-order valence-electron chi connectivity index (χ0n) is 10.3. The van der Waals surface area contributed by atoms with Crippen LogP contribution in [-0.4, -0.2) is 57.8 Å². The van der Waals surface area contributed by atoms with Crippen LogP contribution in [0.5, 0.6) is 0 Å². The second-order valence-electron chi connectivity index (χ2n) is 4.58. The normalized spacial score (nSPS) is 26.9. The molecule has 1 aromatic rings. The number of ether oxygens (including phenoxy) is 1. The van der Waals surface area contributed by atoms with E-state index in [0.29, 0.717) is 16.1 Å². The molecule has 2 fully saturated rings. The predicted octanol–water partition coefficient (Wildman–Crippen LogP) is 1.48. The van der Waals surface area contributed by atoms with Gasteiger partial charge in [-0.1, -0.05) is 11.6 Å². The van der Waals surface area contributed by atoms with Crippen LogP contribution in [0.15, 0.2) is 12.1 Å². The molecule has 2 aliphatic rings. The van der Waals surface area contributed by atoms with Crippen LogP contribution in [0.1, 0.15) is 16.9 Å². The van der Waals surface area contributed by atoms with E-state index in [1.165, 1.54) is 0 Å². The highest BCUT2D eigenvalue weighted by Gasteiger charge is 2.37. The van der Waals surface area contributed by atoms with E-state index in [0.717, 1.165) is 31.9 Å². The smallest absolute Gasteiger partial charge is 0.274 e. The number of carbonyl (C=O) groups excluding carboxylic acids is 1. The maximum atomic E-state index is 12.5. The lowest BCUT2D eigenvalue weighted by atomic mass is 10.1. The zero-order chi connectivity index (χ0) is 13.2. The minimum Gasteiger partial charge on any atom is -0.380 e. The summed E-state index contributed by atoms with van der Waals surface area (Å²) in [5.74, 6) is 0.887. The molecule has 2 aliphatic heterocycles. The number of halogens is 1. The molecule has 3 heterocycles. The third-order valence-electron chi connectivity index (χ3n) is 3.45. The minimum atomic E-state index is -0.0543. The first-order chi connectivity index (χ1) is 9.25. The van der Waals surface area contributed by atoms with Crippen LogP contribution in [0, 0.1) is 0 Å². The van der Waals surface area contributed by atoms with Gasteiger partial charge in [-0.15, -0.1) is 10.2 Å². The number of hydrogen-bond donors (Lipinski definition) is 0. The summed E-state index contributed by atoms with van der Waals surface area (Å²) in [6, 6.07) is 3.48. The maximum absolute atomic E-state index is 12.5. The molecule has 3 rings (SSSR count). The van der Waals surface area contributed by atoms with Crippen molar-refractivity contribution in [2.24, 2.45) is 0 Å². The van der Waals surface area contributed by atoms with Crippen LogP contribution in [0.25, 0.3) is 0 Å². The van der Waals surface area contributed by atoms with E-state index in [1.54, 1.807) is 12.1 Å². The fourth-order valence-electron chi connectivity index (χ4n) is 2.51. The van der Waals surface area contributed by atoms with Crippen LogP contribution in [0.3, 0.4) is 0 Å². The van der Waals surface area contributed by atoms with Crippen LogP contribution in [0.4, 0.5) is 0 Å². The van der Waals surface area contributed by atoms with Gasteiger partial charge in [-0.25, -0.2) is 0 Å². The number of nitrogens with zero attached hydrogens (tertiary/aromatic N) is 3. The standard InChI is InChI=1S/C12H14ClN3O2S/c13-11-2-1-8(14-15-11)12(17)16-4-6-19-10-7-18-5-3-9(10)16/h1-2,9-10H,3-7H2/t9-,10-/m1/s1. The van der Waals surface area contributed by atoms with E-state index in [1.807, 2.05) is 16.7 Å². The first-order valence-corrected chi connectivity index (χ1v) is 7.68. The number of rotatable bonds is 1. The predicted molar refractivity (Wildman–Crippen MR) is 73.5 cm³/mol. The molecule has 7 heteroatoms. The van der Waals surface area contributed by atoms with Gasteiger partial charge in [0.1, 0.15) is 0 Å². The Labute approximate surface area is 120 Å². The van der Waals surface area contributed by atoms with Gasteiger partial charge in [0.2, 0.25) is 0 Å². The molecule has 2 saturated heterocycles. The number of carbonyl (C=O) groups is 1. The highest BCUT2D eigenvalue weighted by molar-refractivity contribution is 8.00. The van der Waals surface area contributed by atoms with Crippen molar-refractivity contribution in [1.82, 2.24) is 15.1 Å². The second kappa shape index (κ2) is 5.64. The molecule has 0 radical (unpaired) electrons. The van der Waals surface area contributed by atoms with Gasteiger partial charge in [0.15, 0.2) is 10.8 Å². The lowest BCUT2D eigenvalue weighted by molar-refractivity contribution is 0.0315. The largest absolute Gasteiger partial charge is 0.380 e. The topological polar surface area (TPSA) is 55.3 Å². The molecule has 0 spiro atoms. The first-order valence-electron chi connectivity index (χ1n) is 6.25. The van der Waals surface area contributed by atoms with Crippen LogP contribution in [0.2, 0.25) is 5.15 Å². The monoisotopic (exact) mass is 299 g/mol. The number of hydrogen-bond acceptors (Lipinski definition) is 5. The highest BCUT2D eigenvalue weighted by Crippen LogP contribution is 2.30. The summed E-state index contributed by atoms with van der Waals surface area (Å²) in [6.45, 7) is 2.21. The average molecular weight is 300 g/mol. The zero-order valence-corrected chi connectivity index (χ0v) is 11.9. The number of aromatic nitrogens is 2. The van der Waals surface area contributed by atoms with Crippen molar-refractivity contribution in [2.75, 3.05) is 25.5 Å². The van der Waals surface area contributed by atoms with Gasteiger partial charge < -0.3 is 9.64 Å². The summed E-state index contributed by atoms with van der Waals surface area (Å²) in [7, 11) is 0. The van der Waals surface area contributed by atoms with Crippen LogP contribution in [-0.2, 0) is 4.74 Å². The molecule has 0 unspecified atom stereocenters. The molecule has 102 valence electrons. The Morgan fingerprint density at radius 3 is 3.16 bits per heavy atom. The molecule has 1 aromatic heterocycles. The molecule has 0 saturated carbocycles. The Morgan fingerprint density at radius 2 is 2.37 bits per heavy atom. The van der Waals surface area contributed by atoms with Crippen molar-refractivity contribution < 1.29 is 9.53 Å². The number of fused-ring (bicyclic) bond motifs is 1. The van der Waals surface area contributed by atoms with Crippen molar-refractivity contribution in [3.8, 4) is 0 Å². The lowest BCUT2D eigenvalue weighted by Gasteiger charge is -2.43. The molecule has 1 amide bonds. The van der Waals surface area contributed by atoms with E-state index >= 15 is 0 Å². The van der Waals surface area contributed by atoms with Gasteiger partial charge in [0.05, 0.1) is 6.61 Å². The lowest BCUT2D eigenvalue weighted by Crippen LogP contribution is -2.54. The van der Waals surface area contributed by atoms with E-state index in [2.05, 4.69) is 10.2 Å². The molecule has 0 aromatic carbocycles. The molecule has 5 nitrogen and oxygen atoms in total. The average Bonchev–Trinajstić information content (AvgIpc) is 2.47. The van der Waals surface area contributed by atoms with Gasteiger partial charge in [-0.2, -0.15) is 11.8 Å². The molecule has 0 N–H and O–H groups in total. The summed E-state index contributed by atoms with van der Waals surface area (Å²) in [6.07, 6.45) is 0.893. The number of amides is 1. The fraction of sp³-hybridized carbons (Fsp3) is 0.583. The van der Waals surface area contributed by atoms with Crippen molar-refractivity contribution >= 4 is 29.3 Å². The van der Waals surface area contributed by atoms with Gasteiger partial charge in [-0.3, -0.25) is 4.79 Å². The van der Waals surface area contributed by atoms with E-state index in [-0.39, 0.29) is 11.9 Å². The van der Waals surface area contributed by atoms with Crippen molar-refractivity contribution in [1.29, 1.82) is 0 Å². The summed E-state index contributed by atoms with van der Waals surface area (Å²) in [5, 5.41) is 8.30. The van der Waals surface area contributed by atoms with Gasteiger partial charge in [0.25, 0.3) is 5.91 Å². The Balaban J connectivity index is 1.79. The van der Waals surface area contributed by atoms with E-state index < -0.39 is 0 Å². The summed E-state index contributed by atoms with van der Waals surface area (Å²) in [4.78, 5) is 14.4. The third-order valence-corrected chi connectivity index (χ3v) is 4.94. The maximum Gasteiger partial charge on any atom is 0.274 e. The molecule has 2 atom stereocenters. The Hall–Kier alpha value is -0.850. The first kappa shape index (κ1) is 13.1. The van der Waals surface area contributed by atoms with Crippen molar-refractivity contribution in [3.63, 3.8) is 0 Å². The molecule has 0 bridgehead atoms. The molecule has 19 heavy (non-hydrogen) atoms. The van der Waals surface area contributed by atoms with E-state index in [4.69, 9.17) is 16.3 Å². The van der Waals surface area contributed by atoms with Crippen LogP contribution < -0.4 is 0 Å². The van der Waals surface area contributed by atoms with E-state index in [9.17, 15) is 4.79 Å². The Morgan fingerprint density at radius 1 is 1.47 bits per heavy atom. The third kappa shape index (κ3) is 2.70.